The number of methoxy groups -OCH3 is 1. The topological polar surface area (TPSA) is 48.0 Å². The van der Waals surface area contributed by atoms with Crippen LogP contribution < -0.4 is 14.4 Å². The average Bonchev–Trinajstić information content (AvgIpc) is 2.85. The summed E-state index contributed by atoms with van der Waals surface area (Å²) < 4.78 is 16.5. The molecule has 3 aromatic rings. The van der Waals surface area contributed by atoms with Gasteiger partial charge in [-0.2, -0.15) is 0 Å². The molecule has 1 aliphatic rings. The first-order chi connectivity index (χ1) is 15.7. The number of fused-ring (bicyclic) bond motifs is 1. The number of carbonyl (C=O) groups excluding carboxylic acids is 1. The van der Waals surface area contributed by atoms with E-state index >= 15 is 0 Å². The maximum absolute atomic E-state index is 12.1. The Hall–Kier alpha value is -3.38. The molecular weight excluding hydrogens is 422 g/mol. The number of rotatable bonds is 8. The van der Waals surface area contributed by atoms with Crippen molar-refractivity contribution in [3.63, 3.8) is 0 Å². The van der Waals surface area contributed by atoms with Crippen molar-refractivity contribution < 1.29 is 19.0 Å². The van der Waals surface area contributed by atoms with Gasteiger partial charge in [-0.15, -0.1) is 11.8 Å². The van der Waals surface area contributed by atoms with Crippen LogP contribution in [0.2, 0.25) is 0 Å². The highest BCUT2D eigenvalue weighted by Gasteiger charge is 2.16. The van der Waals surface area contributed by atoms with Gasteiger partial charge in [0.25, 0.3) is 0 Å². The van der Waals surface area contributed by atoms with Crippen LogP contribution in [0.3, 0.4) is 0 Å². The number of carbonyl (C=O) groups is 1. The molecular formula is C26H25NO4S. The standard InChI is InChI=1S/C26H25NO4S/c1-29-26(28)24(31-22-7-3-2-4-8-22)19-20-11-13-21(14-12-20)30-17-15-27-16-18-32-25-10-6-5-9-23(25)27/h2-14,19H,15-18H2,1H3/b24-19-. The second kappa shape index (κ2) is 10.8. The third-order valence-corrected chi connectivity index (χ3v) is 6.03. The normalized spacial score (nSPS) is 13.3. The van der Waals surface area contributed by atoms with Crippen LogP contribution in [0.4, 0.5) is 5.69 Å². The molecule has 0 unspecified atom stereocenters. The Labute approximate surface area is 192 Å². The zero-order chi connectivity index (χ0) is 22.2. The molecule has 6 heteroatoms. The van der Waals surface area contributed by atoms with E-state index in [0.29, 0.717) is 12.4 Å². The molecule has 0 bridgehead atoms. The molecule has 0 saturated heterocycles. The summed E-state index contributed by atoms with van der Waals surface area (Å²) in [5, 5.41) is 0. The van der Waals surface area contributed by atoms with E-state index in [1.165, 1.54) is 17.7 Å². The lowest BCUT2D eigenvalue weighted by Crippen LogP contribution is -2.33. The van der Waals surface area contributed by atoms with Crippen molar-refractivity contribution in [1.82, 2.24) is 0 Å². The summed E-state index contributed by atoms with van der Waals surface area (Å²) in [6.45, 7) is 2.45. The first-order valence-electron chi connectivity index (χ1n) is 10.5. The highest BCUT2D eigenvalue weighted by Crippen LogP contribution is 2.34. The van der Waals surface area contributed by atoms with Crippen LogP contribution in [-0.4, -0.2) is 38.5 Å². The monoisotopic (exact) mass is 447 g/mol. The Bertz CT molecular complexity index is 1070. The number of ether oxygens (including phenoxy) is 3. The molecule has 0 radical (unpaired) electrons. The van der Waals surface area contributed by atoms with Gasteiger partial charge in [0.1, 0.15) is 18.1 Å². The lowest BCUT2D eigenvalue weighted by atomic mass is 10.2. The van der Waals surface area contributed by atoms with Gasteiger partial charge in [0.15, 0.2) is 0 Å². The van der Waals surface area contributed by atoms with Crippen LogP contribution in [-0.2, 0) is 9.53 Å². The molecule has 0 amide bonds. The van der Waals surface area contributed by atoms with E-state index in [1.807, 2.05) is 54.2 Å². The van der Waals surface area contributed by atoms with Crippen molar-refractivity contribution in [2.45, 2.75) is 4.90 Å². The molecule has 0 fully saturated rings. The minimum Gasteiger partial charge on any atom is -0.492 e. The number of esters is 1. The Morgan fingerprint density at radius 3 is 2.50 bits per heavy atom. The maximum atomic E-state index is 12.1. The number of benzene rings is 3. The number of nitrogens with zero attached hydrogens (tertiary/aromatic N) is 1. The number of thioether (sulfide) groups is 1. The Balaban J connectivity index is 1.36. The van der Waals surface area contributed by atoms with Crippen LogP contribution in [0, 0.1) is 0 Å². The highest BCUT2D eigenvalue weighted by atomic mass is 32.2. The molecule has 3 aromatic carbocycles. The van der Waals surface area contributed by atoms with Gasteiger partial charge in [-0.25, -0.2) is 4.79 Å². The Morgan fingerprint density at radius 1 is 0.969 bits per heavy atom. The lowest BCUT2D eigenvalue weighted by Gasteiger charge is -2.30. The summed E-state index contributed by atoms with van der Waals surface area (Å²) in [5.74, 6) is 2.03. The van der Waals surface area contributed by atoms with E-state index in [-0.39, 0.29) is 5.76 Å². The van der Waals surface area contributed by atoms with Gasteiger partial charge in [0, 0.05) is 17.2 Å². The third kappa shape index (κ3) is 5.65. The van der Waals surface area contributed by atoms with Gasteiger partial charge in [-0.3, -0.25) is 0 Å². The largest absolute Gasteiger partial charge is 0.492 e. The lowest BCUT2D eigenvalue weighted by molar-refractivity contribution is -0.138. The summed E-state index contributed by atoms with van der Waals surface area (Å²) in [6, 6.07) is 25.2. The first-order valence-corrected chi connectivity index (χ1v) is 11.4. The number of hydrogen-bond donors (Lipinski definition) is 0. The first kappa shape index (κ1) is 21.8. The van der Waals surface area contributed by atoms with Gasteiger partial charge < -0.3 is 19.1 Å². The fraction of sp³-hybridized carbons (Fsp3) is 0.192. The number of para-hydroxylation sites is 2. The summed E-state index contributed by atoms with van der Waals surface area (Å²) in [7, 11) is 1.33. The van der Waals surface area contributed by atoms with Crippen molar-refractivity contribution in [3.05, 3.63) is 90.2 Å². The van der Waals surface area contributed by atoms with E-state index in [0.717, 1.165) is 30.2 Å². The fourth-order valence-corrected chi connectivity index (χ4v) is 4.44. The van der Waals surface area contributed by atoms with E-state index in [1.54, 1.807) is 18.2 Å². The van der Waals surface area contributed by atoms with Gasteiger partial charge in [0.2, 0.25) is 5.76 Å². The van der Waals surface area contributed by atoms with E-state index in [4.69, 9.17) is 14.2 Å². The maximum Gasteiger partial charge on any atom is 0.373 e. The quantitative estimate of drug-likeness (QED) is 0.266. The third-order valence-electron chi connectivity index (χ3n) is 4.99. The predicted molar refractivity (Wildman–Crippen MR) is 128 cm³/mol. The molecule has 1 aliphatic heterocycles. The van der Waals surface area contributed by atoms with Crippen LogP contribution in [0.15, 0.2) is 89.5 Å². The summed E-state index contributed by atoms with van der Waals surface area (Å²) in [4.78, 5) is 15.8. The van der Waals surface area contributed by atoms with Crippen molar-refractivity contribution in [3.8, 4) is 11.5 Å². The molecule has 0 aliphatic carbocycles. The smallest absolute Gasteiger partial charge is 0.373 e. The van der Waals surface area contributed by atoms with Crippen LogP contribution >= 0.6 is 11.8 Å². The molecule has 0 aromatic heterocycles. The zero-order valence-corrected chi connectivity index (χ0v) is 18.7. The highest BCUT2D eigenvalue weighted by molar-refractivity contribution is 7.99. The van der Waals surface area contributed by atoms with Crippen LogP contribution in [0.1, 0.15) is 5.56 Å². The van der Waals surface area contributed by atoms with Crippen molar-refractivity contribution in [2.24, 2.45) is 0 Å². The van der Waals surface area contributed by atoms with E-state index < -0.39 is 5.97 Å². The molecule has 0 N–H and O–H groups in total. The summed E-state index contributed by atoms with van der Waals surface area (Å²) in [6.07, 6.45) is 1.66. The molecule has 5 nitrogen and oxygen atoms in total. The van der Waals surface area contributed by atoms with Crippen LogP contribution in [0.5, 0.6) is 11.5 Å². The molecule has 164 valence electrons. The molecule has 32 heavy (non-hydrogen) atoms. The van der Waals surface area contributed by atoms with Crippen molar-refractivity contribution in [2.75, 3.05) is 37.5 Å². The Morgan fingerprint density at radius 2 is 1.72 bits per heavy atom. The van der Waals surface area contributed by atoms with Gasteiger partial charge in [-0.1, -0.05) is 42.5 Å². The fourth-order valence-electron chi connectivity index (χ4n) is 3.39. The van der Waals surface area contributed by atoms with Gasteiger partial charge in [0.05, 0.1) is 19.3 Å². The van der Waals surface area contributed by atoms with Crippen molar-refractivity contribution >= 4 is 29.5 Å². The molecule has 0 spiro atoms. The molecule has 1 heterocycles. The van der Waals surface area contributed by atoms with Gasteiger partial charge in [-0.05, 0) is 48.0 Å². The minimum atomic E-state index is -0.533. The van der Waals surface area contributed by atoms with Crippen molar-refractivity contribution in [1.29, 1.82) is 0 Å². The van der Waals surface area contributed by atoms with E-state index in [9.17, 15) is 4.79 Å². The predicted octanol–water partition coefficient (Wildman–Crippen LogP) is 5.27. The van der Waals surface area contributed by atoms with Crippen LogP contribution in [0.25, 0.3) is 6.08 Å². The van der Waals surface area contributed by atoms with E-state index in [2.05, 4.69) is 29.2 Å². The molecule has 0 saturated carbocycles. The summed E-state index contributed by atoms with van der Waals surface area (Å²) >= 11 is 1.90. The average molecular weight is 448 g/mol. The SMILES string of the molecule is COC(=O)/C(=C/c1ccc(OCCN2CCSc3ccccc32)cc1)Oc1ccccc1. The molecule has 0 atom stereocenters. The summed E-state index contributed by atoms with van der Waals surface area (Å²) in [5.41, 5.74) is 2.09. The number of anilines is 1. The molecule has 4 rings (SSSR count). The number of hydrogen-bond acceptors (Lipinski definition) is 6. The minimum absolute atomic E-state index is 0.119. The van der Waals surface area contributed by atoms with Gasteiger partial charge >= 0.3 is 5.97 Å². The zero-order valence-electron chi connectivity index (χ0n) is 17.9. The second-order valence-corrected chi connectivity index (χ2v) is 8.27. The second-order valence-electron chi connectivity index (χ2n) is 7.14. The Kier molecular flexibility index (Phi) is 7.35.